The van der Waals surface area contributed by atoms with Gasteiger partial charge in [0.05, 0.1) is 17.6 Å². The Morgan fingerprint density at radius 2 is 2.24 bits per heavy atom. The van der Waals surface area contributed by atoms with Crippen molar-refractivity contribution in [2.24, 2.45) is 0 Å². The van der Waals surface area contributed by atoms with Crippen molar-refractivity contribution in [1.29, 1.82) is 0 Å². The van der Waals surface area contributed by atoms with Gasteiger partial charge in [0.2, 0.25) is 5.91 Å². The summed E-state index contributed by atoms with van der Waals surface area (Å²) in [7, 11) is 0. The summed E-state index contributed by atoms with van der Waals surface area (Å²) < 4.78 is 2.36. The molecule has 0 radical (unpaired) electrons. The van der Waals surface area contributed by atoms with E-state index in [1.165, 1.54) is 5.52 Å². The van der Waals surface area contributed by atoms with Crippen LogP contribution >= 0.6 is 0 Å². The molecule has 5 nitrogen and oxygen atoms in total. The summed E-state index contributed by atoms with van der Waals surface area (Å²) in [5.74, 6) is 1.60. The van der Waals surface area contributed by atoms with Gasteiger partial charge in [-0.1, -0.05) is 18.2 Å². The highest BCUT2D eigenvalue weighted by Crippen LogP contribution is 2.31. The first-order valence-corrected chi connectivity index (χ1v) is 9.17. The quantitative estimate of drug-likeness (QED) is 0.822. The Bertz CT molecular complexity index is 749. The predicted molar refractivity (Wildman–Crippen MR) is 102 cm³/mol. The molecule has 1 N–H and O–H groups in total. The minimum absolute atomic E-state index is 0.0675. The molecule has 1 amide bonds. The summed E-state index contributed by atoms with van der Waals surface area (Å²) in [5.41, 5.74) is 2.26. The summed E-state index contributed by atoms with van der Waals surface area (Å²) >= 11 is 0. The molecule has 1 aliphatic rings. The van der Waals surface area contributed by atoms with Crippen LogP contribution in [0.2, 0.25) is 0 Å². The maximum Gasteiger partial charge on any atom is 0.234 e. The van der Waals surface area contributed by atoms with Crippen LogP contribution < -0.4 is 5.32 Å². The fraction of sp³-hybridized carbons (Fsp3) is 0.500. The molecule has 0 aliphatic carbocycles. The van der Waals surface area contributed by atoms with E-state index in [1.807, 2.05) is 6.07 Å². The Hall–Kier alpha value is -2.14. The monoisotopic (exact) mass is 340 g/mol. The number of carbonyl (C=O) groups excluding carboxylic acids is 1. The van der Waals surface area contributed by atoms with E-state index >= 15 is 0 Å². The molecule has 1 unspecified atom stereocenters. The molecule has 3 rings (SSSR count). The number of carbonyl (C=O) groups is 1. The van der Waals surface area contributed by atoms with Gasteiger partial charge in [-0.15, -0.1) is 6.58 Å². The zero-order valence-corrected chi connectivity index (χ0v) is 15.2. The molecule has 1 saturated heterocycles. The number of amides is 1. The van der Waals surface area contributed by atoms with Crippen molar-refractivity contribution in [1.82, 2.24) is 19.8 Å². The second kappa shape index (κ2) is 7.83. The number of likely N-dealkylation sites (tertiary alicyclic amines) is 1. The van der Waals surface area contributed by atoms with Gasteiger partial charge in [0.25, 0.3) is 0 Å². The lowest BCUT2D eigenvalue weighted by Gasteiger charge is -2.32. The molecule has 5 heteroatoms. The van der Waals surface area contributed by atoms with Crippen LogP contribution in [-0.2, 0) is 4.79 Å². The minimum Gasteiger partial charge on any atom is -0.352 e. The third kappa shape index (κ3) is 3.93. The molecular weight excluding hydrogens is 312 g/mol. The molecule has 0 spiro atoms. The second-order valence-corrected chi connectivity index (χ2v) is 7.09. The third-order valence-corrected chi connectivity index (χ3v) is 4.82. The van der Waals surface area contributed by atoms with E-state index in [4.69, 9.17) is 4.98 Å². The van der Waals surface area contributed by atoms with Crippen LogP contribution in [0.1, 0.15) is 44.5 Å². The van der Waals surface area contributed by atoms with Crippen molar-refractivity contribution in [3.8, 4) is 0 Å². The Balaban J connectivity index is 1.79. The summed E-state index contributed by atoms with van der Waals surface area (Å²) in [6, 6.07) is 8.72. The lowest BCUT2D eigenvalue weighted by atomic mass is 9.97. The van der Waals surface area contributed by atoms with Crippen LogP contribution in [0.4, 0.5) is 0 Å². The van der Waals surface area contributed by atoms with E-state index < -0.39 is 0 Å². The Morgan fingerprint density at radius 3 is 3.00 bits per heavy atom. The molecule has 1 aromatic carbocycles. The van der Waals surface area contributed by atoms with Gasteiger partial charge in [-0.3, -0.25) is 9.69 Å². The number of fused-ring (bicyclic) bond motifs is 1. The summed E-state index contributed by atoms with van der Waals surface area (Å²) in [6.45, 7) is 10.9. The van der Waals surface area contributed by atoms with Gasteiger partial charge in [0.1, 0.15) is 5.82 Å². The minimum atomic E-state index is 0.0675. The standard InChI is InChI=1S/C20H28N4O/c1-4-11-21-19(25)14-23-12-7-8-16(13-23)20-22-17-9-5-6-10-18(17)24(20)15(2)3/h4-6,9-10,15-16H,1,7-8,11-14H2,2-3H3,(H,21,25). The first-order valence-electron chi connectivity index (χ1n) is 9.17. The van der Waals surface area contributed by atoms with E-state index in [0.29, 0.717) is 25.0 Å². The first kappa shape index (κ1) is 17.7. The number of nitrogens with one attached hydrogen (secondary N) is 1. The fourth-order valence-corrected chi connectivity index (χ4v) is 3.75. The maximum absolute atomic E-state index is 12.0. The van der Waals surface area contributed by atoms with Gasteiger partial charge >= 0.3 is 0 Å². The lowest BCUT2D eigenvalue weighted by Crippen LogP contribution is -2.42. The normalized spacial score (nSPS) is 18.6. The van der Waals surface area contributed by atoms with E-state index in [0.717, 1.165) is 37.3 Å². The van der Waals surface area contributed by atoms with Crippen LogP contribution in [0.3, 0.4) is 0 Å². The zero-order chi connectivity index (χ0) is 17.8. The third-order valence-electron chi connectivity index (χ3n) is 4.82. The average molecular weight is 340 g/mol. The summed E-state index contributed by atoms with van der Waals surface area (Å²) in [4.78, 5) is 19.2. The van der Waals surface area contributed by atoms with Crippen molar-refractivity contribution >= 4 is 16.9 Å². The van der Waals surface area contributed by atoms with Gasteiger partial charge in [-0.2, -0.15) is 0 Å². The number of hydrogen-bond acceptors (Lipinski definition) is 3. The molecule has 25 heavy (non-hydrogen) atoms. The number of nitrogens with zero attached hydrogens (tertiary/aromatic N) is 3. The molecule has 1 atom stereocenters. The highest BCUT2D eigenvalue weighted by molar-refractivity contribution is 5.78. The molecule has 2 aromatic rings. The number of para-hydroxylation sites is 2. The van der Waals surface area contributed by atoms with Gasteiger partial charge in [0.15, 0.2) is 0 Å². The molecular formula is C20H28N4O. The second-order valence-electron chi connectivity index (χ2n) is 7.09. The van der Waals surface area contributed by atoms with Crippen LogP contribution in [0.15, 0.2) is 36.9 Å². The SMILES string of the molecule is C=CCNC(=O)CN1CCCC(c2nc3ccccc3n2C(C)C)C1. The lowest BCUT2D eigenvalue weighted by molar-refractivity contribution is -0.122. The Labute approximate surface area is 149 Å². The van der Waals surface area contributed by atoms with E-state index in [-0.39, 0.29) is 5.91 Å². The number of aromatic nitrogens is 2. The average Bonchev–Trinajstić information content (AvgIpc) is 3.00. The zero-order valence-electron chi connectivity index (χ0n) is 15.2. The summed E-state index contributed by atoms with van der Waals surface area (Å²) in [6.07, 6.45) is 3.93. The molecule has 134 valence electrons. The van der Waals surface area contributed by atoms with E-state index in [2.05, 4.69) is 53.4 Å². The van der Waals surface area contributed by atoms with Crippen LogP contribution in [0.5, 0.6) is 0 Å². The number of hydrogen-bond donors (Lipinski definition) is 1. The van der Waals surface area contributed by atoms with Gasteiger partial charge in [-0.05, 0) is 45.4 Å². The maximum atomic E-state index is 12.0. The van der Waals surface area contributed by atoms with Crippen LogP contribution in [0, 0.1) is 0 Å². The molecule has 0 bridgehead atoms. The molecule has 1 fully saturated rings. The van der Waals surface area contributed by atoms with Gasteiger partial charge in [0, 0.05) is 25.0 Å². The molecule has 1 aromatic heterocycles. The Morgan fingerprint density at radius 1 is 1.44 bits per heavy atom. The van der Waals surface area contributed by atoms with Gasteiger partial charge in [-0.25, -0.2) is 4.98 Å². The first-order chi connectivity index (χ1) is 12.1. The van der Waals surface area contributed by atoms with Crippen molar-refractivity contribution in [3.05, 3.63) is 42.7 Å². The van der Waals surface area contributed by atoms with Crippen molar-refractivity contribution < 1.29 is 4.79 Å². The van der Waals surface area contributed by atoms with E-state index in [9.17, 15) is 4.79 Å². The van der Waals surface area contributed by atoms with E-state index in [1.54, 1.807) is 6.08 Å². The Kier molecular flexibility index (Phi) is 5.53. The molecule has 1 aliphatic heterocycles. The van der Waals surface area contributed by atoms with Crippen LogP contribution in [-0.4, -0.2) is 46.5 Å². The summed E-state index contributed by atoms with van der Waals surface area (Å²) in [5, 5.41) is 2.87. The predicted octanol–water partition coefficient (Wildman–Crippen LogP) is 3.10. The molecule has 2 heterocycles. The number of rotatable bonds is 6. The highest BCUT2D eigenvalue weighted by atomic mass is 16.2. The van der Waals surface area contributed by atoms with Crippen molar-refractivity contribution in [2.45, 2.75) is 38.6 Å². The molecule has 0 saturated carbocycles. The number of benzene rings is 1. The largest absolute Gasteiger partial charge is 0.352 e. The van der Waals surface area contributed by atoms with Crippen LogP contribution in [0.25, 0.3) is 11.0 Å². The smallest absolute Gasteiger partial charge is 0.234 e. The topological polar surface area (TPSA) is 50.2 Å². The highest BCUT2D eigenvalue weighted by Gasteiger charge is 2.27. The number of piperidine rings is 1. The fourth-order valence-electron chi connectivity index (χ4n) is 3.75. The number of imidazole rings is 1. The van der Waals surface area contributed by atoms with Crippen molar-refractivity contribution in [3.63, 3.8) is 0 Å². The van der Waals surface area contributed by atoms with Crippen molar-refractivity contribution in [2.75, 3.05) is 26.2 Å². The van der Waals surface area contributed by atoms with Gasteiger partial charge < -0.3 is 9.88 Å².